The fraction of sp³-hybridized carbons (Fsp3) is 0.385. The Kier molecular flexibility index (Phi) is 4.41. The topological polar surface area (TPSA) is 46.2 Å². The Labute approximate surface area is 103 Å². The normalized spacial score (nSPS) is 17.4. The van der Waals surface area contributed by atoms with Crippen molar-refractivity contribution in [1.29, 1.82) is 0 Å². The van der Waals surface area contributed by atoms with Gasteiger partial charge in [-0.15, -0.1) is 0 Å². The van der Waals surface area contributed by atoms with Gasteiger partial charge >= 0.3 is 0 Å². The van der Waals surface area contributed by atoms with Gasteiger partial charge in [0.25, 0.3) is 0 Å². The van der Waals surface area contributed by atoms with Crippen LogP contribution in [0.15, 0.2) is 30.3 Å². The van der Waals surface area contributed by atoms with Crippen molar-refractivity contribution in [2.75, 3.05) is 12.7 Å². The molecule has 4 heteroatoms. The van der Waals surface area contributed by atoms with Crippen molar-refractivity contribution in [1.82, 2.24) is 5.32 Å². The third-order valence-electron chi connectivity index (χ3n) is 2.84. The Balaban J connectivity index is 1.70. The average Bonchev–Trinajstić information content (AvgIpc) is 2.67. The third-order valence-corrected chi connectivity index (χ3v) is 4.08. The monoisotopic (exact) mass is 249 g/mol. The number of benzene rings is 1. The maximum atomic E-state index is 11.4. The summed E-state index contributed by atoms with van der Waals surface area (Å²) in [7, 11) is 0.726. The molecule has 1 unspecified atom stereocenters. The van der Waals surface area contributed by atoms with E-state index in [0.717, 1.165) is 21.3 Å². The van der Waals surface area contributed by atoms with E-state index in [1.54, 1.807) is 0 Å². The van der Waals surface area contributed by atoms with Crippen molar-refractivity contribution < 1.29 is 9.59 Å². The molecule has 0 saturated heterocycles. The van der Waals surface area contributed by atoms with Gasteiger partial charge in [-0.25, -0.2) is 0 Å². The molecule has 0 heterocycles. The zero-order valence-electron chi connectivity index (χ0n) is 9.61. The number of ketones is 2. The van der Waals surface area contributed by atoms with Crippen LogP contribution >= 0.6 is 8.58 Å². The smallest absolute Gasteiger partial charge is 0.157 e. The third kappa shape index (κ3) is 3.45. The van der Waals surface area contributed by atoms with E-state index in [4.69, 9.17) is 0 Å². The second kappa shape index (κ2) is 6.04. The maximum absolute atomic E-state index is 11.4. The molecule has 0 radical (unpaired) electrons. The zero-order valence-corrected chi connectivity index (χ0v) is 10.6. The van der Waals surface area contributed by atoms with Crippen molar-refractivity contribution in [3.05, 3.63) is 30.3 Å². The van der Waals surface area contributed by atoms with Gasteiger partial charge in [0.2, 0.25) is 0 Å². The van der Waals surface area contributed by atoms with Gasteiger partial charge < -0.3 is 5.32 Å². The summed E-state index contributed by atoms with van der Waals surface area (Å²) in [6.45, 7) is 0.732. The predicted molar refractivity (Wildman–Crippen MR) is 70.3 cm³/mol. The maximum Gasteiger partial charge on any atom is 0.157 e. The van der Waals surface area contributed by atoms with Crippen molar-refractivity contribution in [3.8, 4) is 0 Å². The highest BCUT2D eigenvalue weighted by atomic mass is 31.1. The molecule has 1 fully saturated rings. The van der Waals surface area contributed by atoms with Gasteiger partial charge in [-0.2, -0.15) is 0 Å². The lowest BCUT2D eigenvalue weighted by atomic mass is 10.2. The van der Waals surface area contributed by atoms with E-state index in [-0.39, 0.29) is 11.6 Å². The Morgan fingerprint density at radius 2 is 1.76 bits per heavy atom. The summed E-state index contributed by atoms with van der Waals surface area (Å²) >= 11 is 0. The number of hydrogen-bond acceptors (Lipinski definition) is 3. The van der Waals surface area contributed by atoms with Gasteiger partial charge in [-0.3, -0.25) is 9.59 Å². The van der Waals surface area contributed by atoms with Gasteiger partial charge in [-0.1, -0.05) is 38.9 Å². The van der Waals surface area contributed by atoms with E-state index in [1.807, 2.05) is 18.2 Å². The quantitative estimate of drug-likeness (QED) is 0.479. The van der Waals surface area contributed by atoms with Gasteiger partial charge in [0.15, 0.2) is 11.6 Å². The molecule has 0 bridgehead atoms. The summed E-state index contributed by atoms with van der Waals surface area (Å²) < 4.78 is 0. The molecule has 1 atom stereocenters. The molecule has 17 heavy (non-hydrogen) atoms. The Hall–Kier alpha value is -1.05. The highest BCUT2D eigenvalue weighted by Gasteiger charge is 2.31. The second-order valence-electron chi connectivity index (χ2n) is 4.11. The van der Waals surface area contributed by atoms with Gasteiger partial charge in [-0.05, 0) is 11.5 Å². The number of Topliss-reactive ketones (excluding diaryl/α,β-unsaturated/α-hetero) is 2. The molecule has 2 rings (SSSR count). The van der Waals surface area contributed by atoms with Crippen molar-refractivity contribution in [2.24, 2.45) is 0 Å². The molecule has 0 aliphatic heterocycles. The van der Waals surface area contributed by atoms with Gasteiger partial charge in [0.05, 0.1) is 0 Å². The highest BCUT2D eigenvalue weighted by molar-refractivity contribution is 7.47. The molecule has 0 aromatic heterocycles. The minimum absolute atomic E-state index is 0.0537. The molecule has 0 amide bonds. The summed E-state index contributed by atoms with van der Waals surface area (Å²) in [5.41, 5.74) is 0. The zero-order chi connectivity index (χ0) is 12.1. The number of rotatable bonds is 5. The summed E-state index contributed by atoms with van der Waals surface area (Å²) in [5.74, 6) is 0.107. The number of hydrogen-bond donors (Lipinski definition) is 1. The SMILES string of the molecule is O=C1CCC(=O)C1NCCPc1ccccc1. The first-order valence-electron chi connectivity index (χ1n) is 5.85. The predicted octanol–water partition coefficient (Wildman–Crippen LogP) is 0.881. The fourth-order valence-electron chi connectivity index (χ4n) is 1.92. The van der Waals surface area contributed by atoms with Crippen LogP contribution in [-0.4, -0.2) is 30.3 Å². The Morgan fingerprint density at radius 3 is 2.41 bits per heavy atom. The van der Waals surface area contributed by atoms with Crippen LogP contribution in [0.4, 0.5) is 0 Å². The molecule has 1 aromatic carbocycles. The molecule has 1 saturated carbocycles. The van der Waals surface area contributed by atoms with Crippen LogP contribution in [0.25, 0.3) is 0 Å². The van der Waals surface area contributed by atoms with Crippen molar-refractivity contribution in [3.63, 3.8) is 0 Å². The molecular formula is C13H16NO2P. The molecule has 3 nitrogen and oxygen atoms in total. The summed E-state index contributed by atoms with van der Waals surface area (Å²) in [6, 6.07) is 9.74. The lowest BCUT2D eigenvalue weighted by molar-refractivity contribution is -0.124. The number of carbonyl (C=O) groups excluding carboxylic acids is 2. The first-order valence-corrected chi connectivity index (χ1v) is 7.06. The van der Waals surface area contributed by atoms with Crippen LogP contribution in [0, 0.1) is 0 Å². The van der Waals surface area contributed by atoms with E-state index in [0.29, 0.717) is 12.8 Å². The molecule has 1 aromatic rings. The highest BCUT2D eigenvalue weighted by Crippen LogP contribution is 2.12. The van der Waals surface area contributed by atoms with E-state index in [9.17, 15) is 9.59 Å². The molecule has 90 valence electrons. The molecule has 1 aliphatic rings. The van der Waals surface area contributed by atoms with E-state index in [2.05, 4.69) is 17.4 Å². The van der Waals surface area contributed by atoms with E-state index < -0.39 is 6.04 Å². The summed E-state index contributed by atoms with van der Waals surface area (Å²) in [6.07, 6.45) is 1.80. The Bertz CT molecular complexity index is 389. The number of nitrogens with one attached hydrogen (secondary N) is 1. The minimum Gasteiger partial charge on any atom is -0.301 e. The number of carbonyl (C=O) groups is 2. The van der Waals surface area contributed by atoms with E-state index >= 15 is 0 Å². The molecule has 1 N–H and O–H groups in total. The van der Waals surface area contributed by atoms with Crippen LogP contribution < -0.4 is 10.6 Å². The minimum atomic E-state index is -0.518. The van der Waals surface area contributed by atoms with Gasteiger partial charge in [0, 0.05) is 19.4 Å². The lowest BCUT2D eigenvalue weighted by Crippen LogP contribution is -2.39. The molecule has 1 aliphatic carbocycles. The first kappa shape index (κ1) is 12.4. The Morgan fingerprint density at radius 1 is 1.12 bits per heavy atom. The molecule has 0 spiro atoms. The van der Waals surface area contributed by atoms with Crippen LogP contribution in [0.5, 0.6) is 0 Å². The standard InChI is InChI=1S/C13H16NO2P/c15-11-6-7-12(16)13(11)14-8-9-17-10-4-2-1-3-5-10/h1-5,13-14,17H,6-9H2. The average molecular weight is 249 g/mol. The van der Waals surface area contributed by atoms with Gasteiger partial charge in [0.1, 0.15) is 6.04 Å². The fourth-order valence-corrected chi connectivity index (χ4v) is 2.91. The van der Waals surface area contributed by atoms with E-state index in [1.165, 1.54) is 5.30 Å². The first-order chi connectivity index (χ1) is 8.27. The van der Waals surface area contributed by atoms with Crippen LogP contribution in [0.2, 0.25) is 0 Å². The van der Waals surface area contributed by atoms with Crippen LogP contribution in [0.3, 0.4) is 0 Å². The summed E-state index contributed by atoms with van der Waals surface area (Å²) in [5, 5.41) is 4.38. The van der Waals surface area contributed by atoms with Crippen LogP contribution in [-0.2, 0) is 9.59 Å². The van der Waals surface area contributed by atoms with Crippen molar-refractivity contribution >= 4 is 25.5 Å². The summed E-state index contributed by atoms with van der Waals surface area (Å²) in [4.78, 5) is 22.7. The lowest BCUT2D eigenvalue weighted by Gasteiger charge is -2.09. The van der Waals surface area contributed by atoms with Crippen LogP contribution in [0.1, 0.15) is 12.8 Å². The molecular weight excluding hydrogens is 233 g/mol. The second-order valence-corrected chi connectivity index (χ2v) is 5.54. The largest absolute Gasteiger partial charge is 0.301 e. The van der Waals surface area contributed by atoms with Crippen molar-refractivity contribution in [2.45, 2.75) is 18.9 Å².